The van der Waals surface area contributed by atoms with Gasteiger partial charge in [0, 0.05) is 11.1 Å². The summed E-state index contributed by atoms with van der Waals surface area (Å²) in [5.74, 6) is 0.153. The molecule has 0 aliphatic heterocycles. The lowest BCUT2D eigenvalue weighted by Gasteiger charge is -2.10. The highest BCUT2D eigenvalue weighted by molar-refractivity contribution is 6.30. The van der Waals surface area contributed by atoms with Gasteiger partial charge in [-0.1, -0.05) is 17.7 Å². The van der Waals surface area contributed by atoms with Crippen LogP contribution in [0.15, 0.2) is 36.4 Å². The van der Waals surface area contributed by atoms with Gasteiger partial charge in [-0.05, 0) is 42.3 Å². The topological polar surface area (TPSA) is 33.0 Å². The second kappa shape index (κ2) is 5.73. The molecule has 0 aromatic heterocycles. The Kier molecular flexibility index (Phi) is 4.03. The molecular weight excluding hydrogens is 265 g/mol. The van der Waals surface area contributed by atoms with Crippen LogP contribution in [0.1, 0.15) is 16.7 Å². The fraction of sp³-hybridized carbons (Fsp3) is 0.133. The third-order valence-electron chi connectivity index (χ3n) is 2.75. The van der Waals surface area contributed by atoms with E-state index in [1.807, 2.05) is 13.0 Å². The summed E-state index contributed by atoms with van der Waals surface area (Å²) in [6, 6.07) is 11.4. The first-order valence-corrected chi connectivity index (χ1v) is 6.05. The second-order valence-electron chi connectivity index (χ2n) is 4.11. The first kappa shape index (κ1) is 13.4. The van der Waals surface area contributed by atoms with Gasteiger partial charge in [0.1, 0.15) is 24.2 Å². The molecule has 0 atom stereocenters. The first-order chi connectivity index (χ1) is 9.10. The van der Waals surface area contributed by atoms with Crippen molar-refractivity contribution in [2.24, 2.45) is 0 Å². The molecule has 0 amide bonds. The zero-order valence-electron chi connectivity index (χ0n) is 10.3. The summed E-state index contributed by atoms with van der Waals surface area (Å²) in [6.45, 7) is 2.08. The van der Waals surface area contributed by atoms with Gasteiger partial charge in [0.15, 0.2) is 0 Å². The molecule has 2 rings (SSSR count). The highest BCUT2D eigenvalue weighted by Gasteiger charge is 2.06. The van der Waals surface area contributed by atoms with Crippen LogP contribution in [-0.2, 0) is 6.61 Å². The van der Waals surface area contributed by atoms with Gasteiger partial charge >= 0.3 is 0 Å². The Morgan fingerprint density at radius 2 is 2.05 bits per heavy atom. The summed E-state index contributed by atoms with van der Waals surface area (Å²) in [5, 5.41) is 9.48. The normalized spacial score (nSPS) is 10.0. The lowest BCUT2D eigenvalue weighted by atomic mass is 10.1. The highest BCUT2D eigenvalue weighted by Crippen LogP contribution is 2.24. The molecule has 0 saturated carbocycles. The SMILES string of the molecule is Cc1cc(F)ccc1COc1cc(Cl)ccc1C#N. The van der Waals surface area contributed by atoms with Crippen molar-refractivity contribution in [1.29, 1.82) is 5.26 Å². The van der Waals surface area contributed by atoms with Crippen molar-refractivity contribution in [3.63, 3.8) is 0 Å². The number of hydrogen-bond donors (Lipinski definition) is 0. The van der Waals surface area contributed by atoms with Crippen molar-refractivity contribution >= 4 is 11.6 Å². The smallest absolute Gasteiger partial charge is 0.139 e. The van der Waals surface area contributed by atoms with Crippen LogP contribution in [0.2, 0.25) is 5.02 Å². The van der Waals surface area contributed by atoms with Crippen LogP contribution in [0, 0.1) is 24.1 Å². The minimum Gasteiger partial charge on any atom is -0.487 e. The van der Waals surface area contributed by atoms with E-state index in [1.54, 1.807) is 24.3 Å². The van der Waals surface area contributed by atoms with E-state index in [1.165, 1.54) is 12.1 Å². The van der Waals surface area contributed by atoms with Crippen LogP contribution in [0.5, 0.6) is 5.75 Å². The summed E-state index contributed by atoms with van der Waals surface area (Å²) in [7, 11) is 0. The molecule has 0 saturated heterocycles. The highest BCUT2D eigenvalue weighted by atomic mass is 35.5. The van der Waals surface area contributed by atoms with E-state index in [0.717, 1.165) is 11.1 Å². The maximum absolute atomic E-state index is 13.0. The molecule has 0 radical (unpaired) electrons. The predicted molar refractivity (Wildman–Crippen MR) is 71.6 cm³/mol. The number of nitrogens with zero attached hydrogens (tertiary/aromatic N) is 1. The van der Waals surface area contributed by atoms with Gasteiger partial charge < -0.3 is 4.74 Å². The summed E-state index contributed by atoms with van der Waals surface area (Å²) < 4.78 is 18.6. The Balaban J connectivity index is 2.19. The molecule has 0 unspecified atom stereocenters. The van der Waals surface area contributed by atoms with Crippen molar-refractivity contribution in [2.45, 2.75) is 13.5 Å². The lowest BCUT2D eigenvalue weighted by Crippen LogP contribution is -1.99. The molecule has 0 fully saturated rings. The number of aryl methyl sites for hydroxylation is 1. The van der Waals surface area contributed by atoms with Crippen LogP contribution < -0.4 is 4.74 Å². The van der Waals surface area contributed by atoms with Crippen molar-refractivity contribution in [3.05, 3.63) is 63.9 Å². The fourth-order valence-corrected chi connectivity index (χ4v) is 1.85. The minimum absolute atomic E-state index is 0.265. The predicted octanol–water partition coefficient (Wildman–Crippen LogP) is 4.24. The molecule has 0 heterocycles. The lowest BCUT2D eigenvalue weighted by molar-refractivity contribution is 0.304. The van der Waals surface area contributed by atoms with E-state index < -0.39 is 0 Å². The largest absolute Gasteiger partial charge is 0.487 e. The van der Waals surface area contributed by atoms with Crippen LogP contribution in [0.4, 0.5) is 4.39 Å². The molecule has 0 N–H and O–H groups in total. The maximum atomic E-state index is 13.0. The monoisotopic (exact) mass is 275 g/mol. The molecule has 0 spiro atoms. The Morgan fingerprint density at radius 1 is 1.26 bits per heavy atom. The number of rotatable bonds is 3. The first-order valence-electron chi connectivity index (χ1n) is 5.67. The van der Waals surface area contributed by atoms with Crippen LogP contribution in [-0.4, -0.2) is 0 Å². The molecule has 0 aliphatic rings. The quantitative estimate of drug-likeness (QED) is 0.839. The number of benzene rings is 2. The van der Waals surface area contributed by atoms with Crippen LogP contribution in [0.25, 0.3) is 0 Å². The van der Waals surface area contributed by atoms with Gasteiger partial charge in [-0.15, -0.1) is 0 Å². The van der Waals surface area contributed by atoms with E-state index in [9.17, 15) is 4.39 Å². The Labute approximate surface area is 116 Å². The average Bonchev–Trinajstić information content (AvgIpc) is 2.38. The third kappa shape index (κ3) is 3.24. The second-order valence-corrected chi connectivity index (χ2v) is 4.55. The van der Waals surface area contributed by atoms with Crippen molar-refractivity contribution in [3.8, 4) is 11.8 Å². The standard InChI is InChI=1S/C15H11ClFNO/c1-10-6-14(17)5-3-12(10)9-19-15-7-13(16)4-2-11(15)8-18/h2-7H,9H2,1H3. The Bertz CT molecular complexity index is 649. The summed E-state index contributed by atoms with van der Waals surface area (Å²) in [6.07, 6.45) is 0. The molecule has 2 nitrogen and oxygen atoms in total. The summed E-state index contributed by atoms with van der Waals surface area (Å²) >= 11 is 5.87. The number of ether oxygens (including phenoxy) is 1. The molecule has 2 aromatic rings. The Hall–Kier alpha value is -2.05. The number of halogens is 2. The molecule has 19 heavy (non-hydrogen) atoms. The zero-order chi connectivity index (χ0) is 13.8. The van der Waals surface area contributed by atoms with E-state index in [4.69, 9.17) is 21.6 Å². The van der Waals surface area contributed by atoms with E-state index >= 15 is 0 Å². The number of hydrogen-bond acceptors (Lipinski definition) is 2. The van der Waals surface area contributed by atoms with Gasteiger partial charge in [0.2, 0.25) is 0 Å². The summed E-state index contributed by atoms with van der Waals surface area (Å²) in [4.78, 5) is 0. The average molecular weight is 276 g/mol. The van der Waals surface area contributed by atoms with E-state index in [-0.39, 0.29) is 12.4 Å². The number of nitriles is 1. The van der Waals surface area contributed by atoms with Gasteiger partial charge in [-0.25, -0.2) is 4.39 Å². The van der Waals surface area contributed by atoms with Gasteiger partial charge in [0.25, 0.3) is 0 Å². The van der Waals surface area contributed by atoms with Gasteiger partial charge in [-0.2, -0.15) is 5.26 Å². The molecule has 96 valence electrons. The van der Waals surface area contributed by atoms with Crippen molar-refractivity contribution < 1.29 is 9.13 Å². The van der Waals surface area contributed by atoms with Crippen molar-refractivity contribution in [1.82, 2.24) is 0 Å². The molecule has 0 bridgehead atoms. The molecular formula is C15H11ClFNO. The zero-order valence-corrected chi connectivity index (χ0v) is 11.0. The fourth-order valence-electron chi connectivity index (χ4n) is 1.68. The van der Waals surface area contributed by atoms with Crippen LogP contribution in [0.3, 0.4) is 0 Å². The minimum atomic E-state index is -0.276. The third-order valence-corrected chi connectivity index (χ3v) is 2.99. The van der Waals surface area contributed by atoms with E-state index in [2.05, 4.69) is 0 Å². The van der Waals surface area contributed by atoms with E-state index in [0.29, 0.717) is 16.3 Å². The molecule has 2 aromatic carbocycles. The maximum Gasteiger partial charge on any atom is 0.139 e. The van der Waals surface area contributed by atoms with Gasteiger partial charge in [-0.3, -0.25) is 0 Å². The van der Waals surface area contributed by atoms with Crippen LogP contribution >= 0.6 is 11.6 Å². The van der Waals surface area contributed by atoms with Crippen molar-refractivity contribution in [2.75, 3.05) is 0 Å². The Morgan fingerprint density at radius 3 is 2.74 bits per heavy atom. The molecule has 0 aliphatic carbocycles. The molecule has 4 heteroatoms. The summed E-state index contributed by atoms with van der Waals surface area (Å²) in [5.41, 5.74) is 2.09. The van der Waals surface area contributed by atoms with Gasteiger partial charge in [0.05, 0.1) is 5.56 Å².